The number of unbranched alkanes of at least 4 members (excludes halogenated alkanes) is 9. The molecule has 0 spiro atoms. The van der Waals surface area contributed by atoms with Gasteiger partial charge in [-0.3, -0.25) is 4.79 Å². The summed E-state index contributed by atoms with van der Waals surface area (Å²) in [6.07, 6.45) is 13.8. The summed E-state index contributed by atoms with van der Waals surface area (Å²) >= 11 is 0. The third kappa shape index (κ3) is 10.4. The van der Waals surface area contributed by atoms with Crippen molar-refractivity contribution in [2.24, 2.45) is 0 Å². The summed E-state index contributed by atoms with van der Waals surface area (Å²) in [6, 6.07) is 9.93. The molecule has 22 heavy (non-hydrogen) atoms. The maximum Gasteiger partial charge on any atom is 0.224 e. The van der Waals surface area contributed by atoms with Crippen LogP contribution in [0.15, 0.2) is 30.3 Å². The maximum absolute atomic E-state index is 11.8. The van der Waals surface area contributed by atoms with Gasteiger partial charge in [0.05, 0.1) is 6.42 Å². The Morgan fingerprint density at radius 2 is 1.36 bits per heavy atom. The summed E-state index contributed by atoms with van der Waals surface area (Å²) in [4.78, 5) is 11.8. The summed E-state index contributed by atoms with van der Waals surface area (Å²) in [5, 5.41) is 3.02. The Bertz CT molecular complexity index is 375. The van der Waals surface area contributed by atoms with E-state index >= 15 is 0 Å². The van der Waals surface area contributed by atoms with Crippen molar-refractivity contribution in [2.75, 3.05) is 6.54 Å². The standard InChI is InChI=1S/C20H33NO/c1-2-3-4-5-6-7-8-9-10-14-17-21-20(22)18-19-15-12-11-13-16-19/h11-13,15-16H,2-10,14,17-18H2,1H3,(H,21,22). The van der Waals surface area contributed by atoms with E-state index in [9.17, 15) is 4.79 Å². The Labute approximate surface area is 136 Å². The zero-order chi connectivity index (χ0) is 15.9. The monoisotopic (exact) mass is 303 g/mol. The molecular formula is C20H33NO. The van der Waals surface area contributed by atoms with E-state index in [2.05, 4.69) is 12.2 Å². The maximum atomic E-state index is 11.8. The first-order valence-corrected chi connectivity index (χ1v) is 9.13. The summed E-state index contributed by atoms with van der Waals surface area (Å²) in [6.45, 7) is 3.08. The van der Waals surface area contributed by atoms with Crippen molar-refractivity contribution in [1.82, 2.24) is 5.32 Å². The van der Waals surface area contributed by atoms with Crippen LogP contribution in [-0.4, -0.2) is 12.5 Å². The van der Waals surface area contributed by atoms with E-state index in [-0.39, 0.29) is 5.91 Å². The molecule has 0 heterocycles. The average Bonchev–Trinajstić information content (AvgIpc) is 2.53. The predicted octanol–water partition coefficient (Wildman–Crippen LogP) is 5.27. The quantitative estimate of drug-likeness (QED) is 0.494. The molecule has 0 radical (unpaired) electrons. The lowest BCUT2D eigenvalue weighted by Crippen LogP contribution is -2.26. The van der Waals surface area contributed by atoms with Crippen molar-refractivity contribution in [2.45, 2.75) is 77.6 Å². The number of carbonyl (C=O) groups is 1. The predicted molar refractivity (Wildman–Crippen MR) is 95.0 cm³/mol. The molecule has 0 aliphatic heterocycles. The van der Waals surface area contributed by atoms with Gasteiger partial charge < -0.3 is 5.32 Å². The molecule has 124 valence electrons. The van der Waals surface area contributed by atoms with Crippen molar-refractivity contribution in [3.63, 3.8) is 0 Å². The molecule has 2 heteroatoms. The van der Waals surface area contributed by atoms with Gasteiger partial charge in [-0.05, 0) is 12.0 Å². The van der Waals surface area contributed by atoms with Crippen LogP contribution in [0.25, 0.3) is 0 Å². The van der Waals surface area contributed by atoms with Gasteiger partial charge in [0.1, 0.15) is 0 Å². The number of carbonyl (C=O) groups excluding carboxylic acids is 1. The third-order valence-corrected chi connectivity index (χ3v) is 4.06. The SMILES string of the molecule is CCCCCCCCCCCCNC(=O)Cc1ccccc1. The normalized spacial score (nSPS) is 10.6. The van der Waals surface area contributed by atoms with Crippen LogP contribution >= 0.6 is 0 Å². The van der Waals surface area contributed by atoms with Crippen LogP contribution in [-0.2, 0) is 11.2 Å². The fourth-order valence-electron chi connectivity index (χ4n) is 2.68. The molecule has 0 unspecified atom stereocenters. The minimum atomic E-state index is 0.141. The van der Waals surface area contributed by atoms with Gasteiger partial charge in [0.25, 0.3) is 0 Å². The second kappa shape index (κ2) is 13.4. The van der Waals surface area contributed by atoms with Crippen LogP contribution in [0.2, 0.25) is 0 Å². The van der Waals surface area contributed by atoms with E-state index in [1.165, 1.54) is 57.8 Å². The van der Waals surface area contributed by atoms with Crippen LogP contribution in [0.1, 0.15) is 76.7 Å². The molecule has 1 aromatic carbocycles. The Morgan fingerprint density at radius 3 is 1.95 bits per heavy atom. The minimum absolute atomic E-state index is 0.141. The summed E-state index contributed by atoms with van der Waals surface area (Å²) in [5.74, 6) is 0.141. The van der Waals surface area contributed by atoms with Crippen molar-refractivity contribution < 1.29 is 4.79 Å². The van der Waals surface area contributed by atoms with E-state index in [4.69, 9.17) is 0 Å². The highest BCUT2D eigenvalue weighted by Crippen LogP contribution is 2.10. The molecule has 1 N–H and O–H groups in total. The molecule has 1 rings (SSSR count). The molecule has 0 aliphatic rings. The van der Waals surface area contributed by atoms with Gasteiger partial charge in [0, 0.05) is 6.54 Å². The van der Waals surface area contributed by atoms with Gasteiger partial charge >= 0.3 is 0 Å². The second-order valence-corrected chi connectivity index (χ2v) is 6.19. The zero-order valence-corrected chi connectivity index (χ0v) is 14.3. The molecule has 0 fully saturated rings. The Kier molecular flexibility index (Phi) is 11.4. The third-order valence-electron chi connectivity index (χ3n) is 4.06. The number of hydrogen-bond acceptors (Lipinski definition) is 1. The van der Waals surface area contributed by atoms with Crippen LogP contribution < -0.4 is 5.32 Å². The molecule has 0 bridgehead atoms. The number of hydrogen-bond donors (Lipinski definition) is 1. The summed E-state index contributed by atoms with van der Waals surface area (Å²) < 4.78 is 0. The van der Waals surface area contributed by atoms with E-state index in [0.29, 0.717) is 6.42 Å². The molecule has 1 amide bonds. The van der Waals surface area contributed by atoms with E-state index in [1.54, 1.807) is 0 Å². The fraction of sp³-hybridized carbons (Fsp3) is 0.650. The first-order valence-electron chi connectivity index (χ1n) is 9.13. The second-order valence-electron chi connectivity index (χ2n) is 6.19. The van der Waals surface area contributed by atoms with E-state index < -0.39 is 0 Å². The minimum Gasteiger partial charge on any atom is -0.356 e. The highest BCUT2D eigenvalue weighted by molar-refractivity contribution is 5.78. The first kappa shape index (κ1) is 18.7. The van der Waals surface area contributed by atoms with Gasteiger partial charge in [-0.25, -0.2) is 0 Å². The van der Waals surface area contributed by atoms with Gasteiger partial charge in [-0.15, -0.1) is 0 Å². The van der Waals surface area contributed by atoms with Gasteiger partial charge in [-0.2, -0.15) is 0 Å². The van der Waals surface area contributed by atoms with Crippen LogP contribution in [0.4, 0.5) is 0 Å². The zero-order valence-electron chi connectivity index (χ0n) is 14.3. The van der Waals surface area contributed by atoms with Crippen LogP contribution in [0, 0.1) is 0 Å². The van der Waals surface area contributed by atoms with Crippen molar-refractivity contribution in [3.8, 4) is 0 Å². The Balaban J connectivity index is 1.86. The smallest absolute Gasteiger partial charge is 0.224 e. The molecule has 0 atom stereocenters. The van der Waals surface area contributed by atoms with Crippen LogP contribution in [0.3, 0.4) is 0 Å². The molecule has 0 saturated carbocycles. The topological polar surface area (TPSA) is 29.1 Å². The number of amides is 1. The van der Waals surface area contributed by atoms with Crippen molar-refractivity contribution >= 4 is 5.91 Å². The Morgan fingerprint density at radius 1 is 0.818 bits per heavy atom. The average molecular weight is 303 g/mol. The van der Waals surface area contributed by atoms with E-state index in [0.717, 1.165) is 18.5 Å². The molecule has 2 nitrogen and oxygen atoms in total. The molecular weight excluding hydrogens is 270 g/mol. The fourth-order valence-corrected chi connectivity index (χ4v) is 2.68. The lowest BCUT2D eigenvalue weighted by Gasteiger charge is -2.05. The number of benzene rings is 1. The number of rotatable bonds is 13. The van der Waals surface area contributed by atoms with Crippen molar-refractivity contribution in [3.05, 3.63) is 35.9 Å². The largest absolute Gasteiger partial charge is 0.356 e. The van der Waals surface area contributed by atoms with Gasteiger partial charge in [0.15, 0.2) is 0 Å². The molecule has 1 aromatic rings. The van der Waals surface area contributed by atoms with Crippen LogP contribution in [0.5, 0.6) is 0 Å². The Hall–Kier alpha value is -1.31. The first-order chi connectivity index (χ1) is 10.8. The van der Waals surface area contributed by atoms with E-state index in [1.807, 2.05) is 30.3 Å². The molecule has 0 aliphatic carbocycles. The molecule has 0 aromatic heterocycles. The summed E-state index contributed by atoms with van der Waals surface area (Å²) in [7, 11) is 0. The lowest BCUT2D eigenvalue weighted by atomic mass is 10.1. The number of nitrogens with one attached hydrogen (secondary N) is 1. The lowest BCUT2D eigenvalue weighted by molar-refractivity contribution is -0.120. The highest BCUT2D eigenvalue weighted by Gasteiger charge is 2.01. The van der Waals surface area contributed by atoms with Gasteiger partial charge in [-0.1, -0.05) is 95.0 Å². The van der Waals surface area contributed by atoms with Crippen molar-refractivity contribution in [1.29, 1.82) is 0 Å². The molecule has 0 saturated heterocycles. The highest BCUT2D eigenvalue weighted by atomic mass is 16.1. The summed E-state index contributed by atoms with van der Waals surface area (Å²) in [5.41, 5.74) is 1.09. The van der Waals surface area contributed by atoms with Gasteiger partial charge in [0.2, 0.25) is 5.91 Å².